The molecular weight excluding hydrogens is 282 g/mol. The summed E-state index contributed by atoms with van der Waals surface area (Å²) in [5, 5.41) is 12.0. The van der Waals surface area contributed by atoms with E-state index in [0.29, 0.717) is 21.9 Å². The third-order valence-corrected chi connectivity index (χ3v) is 3.17. The fourth-order valence-corrected chi connectivity index (χ4v) is 1.88. The Bertz CT molecular complexity index is 607. The molecule has 0 fully saturated rings. The van der Waals surface area contributed by atoms with Crippen LogP contribution in [0.4, 0.5) is 0 Å². The van der Waals surface area contributed by atoms with E-state index in [1.54, 1.807) is 24.3 Å². The van der Waals surface area contributed by atoms with Crippen molar-refractivity contribution < 1.29 is 19.4 Å². The molecule has 1 aromatic rings. The van der Waals surface area contributed by atoms with Gasteiger partial charge in [0.15, 0.2) is 0 Å². The smallest absolute Gasteiger partial charge is 0.328 e. The minimum Gasteiger partial charge on any atom is -0.488 e. The maximum Gasteiger partial charge on any atom is 0.328 e. The van der Waals surface area contributed by atoms with Gasteiger partial charge in [0.25, 0.3) is 5.91 Å². The lowest BCUT2D eigenvalue weighted by Gasteiger charge is -2.23. The maximum atomic E-state index is 12.1. The Labute approximate surface area is 121 Å². The number of rotatable bonds is 3. The molecule has 20 heavy (non-hydrogen) atoms. The molecule has 1 heterocycles. The number of amides is 1. The summed E-state index contributed by atoms with van der Waals surface area (Å²) < 4.78 is 5.45. The first-order valence-corrected chi connectivity index (χ1v) is 6.36. The molecule has 1 aliphatic heterocycles. The molecule has 0 saturated carbocycles. The van der Waals surface area contributed by atoms with E-state index in [9.17, 15) is 9.59 Å². The monoisotopic (exact) mass is 295 g/mol. The maximum absolute atomic E-state index is 12.1. The van der Waals surface area contributed by atoms with Crippen molar-refractivity contribution in [2.24, 2.45) is 0 Å². The molecule has 0 radical (unpaired) electrons. The molecule has 0 atom stereocenters. The number of ether oxygens (including phenoxy) is 1. The van der Waals surface area contributed by atoms with Crippen molar-refractivity contribution in [2.75, 3.05) is 6.61 Å². The first-order chi connectivity index (χ1) is 9.29. The Morgan fingerprint density at radius 2 is 2.10 bits per heavy atom. The Balaban J connectivity index is 2.22. The van der Waals surface area contributed by atoms with Gasteiger partial charge in [-0.3, -0.25) is 4.79 Å². The van der Waals surface area contributed by atoms with Gasteiger partial charge >= 0.3 is 5.97 Å². The normalized spacial score (nSPS) is 13.8. The van der Waals surface area contributed by atoms with Gasteiger partial charge in [-0.25, -0.2) is 4.79 Å². The second-order valence-corrected chi connectivity index (χ2v) is 5.46. The van der Waals surface area contributed by atoms with Crippen LogP contribution in [0.1, 0.15) is 19.4 Å². The molecule has 2 N–H and O–H groups in total. The van der Waals surface area contributed by atoms with Crippen LogP contribution in [-0.4, -0.2) is 29.1 Å². The number of carbonyl (C=O) groups is 2. The molecule has 5 nitrogen and oxygen atoms in total. The third-order valence-electron chi connectivity index (χ3n) is 2.94. The average molecular weight is 296 g/mol. The average Bonchev–Trinajstić information content (AvgIpc) is 2.37. The van der Waals surface area contributed by atoms with Gasteiger partial charge in [0.05, 0.1) is 5.57 Å². The van der Waals surface area contributed by atoms with Crippen molar-refractivity contribution in [1.82, 2.24) is 5.32 Å². The number of carboxylic acids is 1. The molecule has 0 aromatic heterocycles. The van der Waals surface area contributed by atoms with E-state index in [2.05, 4.69) is 5.32 Å². The molecule has 0 spiro atoms. The lowest BCUT2D eigenvalue weighted by atomic mass is 10.0. The molecule has 0 unspecified atom stereocenters. The minimum atomic E-state index is -1.34. The quantitative estimate of drug-likeness (QED) is 0.895. The highest BCUT2D eigenvalue weighted by molar-refractivity contribution is 6.30. The number of nitrogens with one attached hydrogen (secondary N) is 1. The number of carboxylic acid groups (broad SMARTS) is 1. The van der Waals surface area contributed by atoms with Gasteiger partial charge in [0, 0.05) is 10.6 Å². The van der Waals surface area contributed by atoms with E-state index in [-0.39, 0.29) is 6.61 Å². The summed E-state index contributed by atoms with van der Waals surface area (Å²) in [6, 6.07) is 5.11. The van der Waals surface area contributed by atoms with Crippen molar-refractivity contribution in [2.45, 2.75) is 19.4 Å². The number of hydrogen-bond acceptors (Lipinski definition) is 3. The molecule has 1 aromatic carbocycles. The molecule has 1 aliphatic rings. The summed E-state index contributed by atoms with van der Waals surface area (Å²) in [7, 11) is 0. The van der Waals surface area contributed by atoms with Crippen LogP contribution in [-0.2, 0) is 9.59 Å². The van der Waals surface area contributed by atoms with E-state index in [4.69, 9.17) is 21.4 Å². The zero-order valence-corrected chi connectivity index (χ0v) is 11.8. The van der Waals surface area contributed by atoms with Gasteiger partial charge in [-0.05, 0) is 38.1 Å². The largest absolute Gasteiger partial charge is 0.488 e. The Hall–Kier alpha value is -2.01. The SMILES string of the molecule is CC(C)(NC(=O)C1=Cc2cc(Cl)ccc2OC1)C(=O)O. The second kappa shape index (κ2) is 5.17. The van der Waals surface area contributed by atoms with Gasteiger partial charge in [-0.2, -0.15) is 0 Å². The number of fused-ring (bicyclic) bond motifs is 1. The van der Waals surface area contributed by atoms with Gasteiger partial charge in [-0.15, -0.1) is 0 Å². The highest BCUT2D eigenvalue weighted by Crippen LogP contribution is 2.29. The predicted molar refractivity (Wildman–Crippen MR) is 74.8 cm³/mol. The number of carbonyl (C=O) groups excluding carboxylic acids is 1. The number of aliphatic carboxylic acids is 1. The van der Waals surface area contributed by atoms with Crippen molar-refractivity contribution in [3.05, 3.63) is 34.4 Å². The number of hydrogen-bond donors (Lipinski definition) is 2. The minimum absolute atomic E-state index is 0.0934. The van der Waals surface area contributed by atoms with Gasteiger partial charge < -0.3 is 15.2 Å². The zero-order chi connectivity index (χ0) is 14.9. The van der Waals surface area contributed by atoms with Crippen molar-refractivity contribution in [3.8, 4) is 5.75 Å². The van der Waals surface area contributed by atoms with Crippen molar-refractivity contribution in [3.63, 3.8) is 0 Å². The van der Waals surface area contributed by atoms with Crippen LogP contribution in [0.2, 0.25) is 5.02 Å². The number of benzene rings is 1. The third kappa shape index (κ3) is 2.93. The van der Waals surface area contributed by atoms with E-state index in [1.165, 1.54) is 13.8 Å². The first-order valence-electron chi connectivity index (χ1n) is 5.98. The van der Waals surface area contributed by atoms with Crippen LogP contribution in [0.15, 0.2) is 23.8 Å². The summed E-state index contributed by atoms with van der Waals surface area (Å²) in [4.78, 5) is 23.1. The fraction of sp³-hybridized carbons (Fsp3) is 0.286. The highest BCUT2D eigenvalue weighted by atomic mass is 35.5. The van der Waals surface area contributed by atoms with Gasteiger partial charge in [-0.1, -0.05) is 11.6 Å². The lowest BCUT2D eigenvalue weighted by Crippen LogP contribution is -2.50. The van der Waals surface area contributed by atoms with Crippen LogP contribution >= 0.6 is 11.6 Å². The van der Waals surface area contributed by atoms with Crippen molar-refractivity contribution >= 4 is 29.6 Å². The van der Waals surface area contributed by atoms with E-state index in [1.807, 2.05) is 0 Å². The van der Waals surface area contributed by atoms with E-state index >= 15 is 0 Å². The van der Waals surface area contributed by atoms with Crippen LogP contribution in [0.5, 0.6) is 5.75 Å². The van der Waals surface area contributed by atoms with Crippen molar-refractivity contribution in [1.29, 1.82) is 0 Å². The Morgan fingerprint density at radius 1 is 1.40 bits per heavy atom. The van der Waals surface area contributed by atoms with Crippen LogP contribution in [0.3, 0.4) is 0 Å². The highest BCUT2D eigenvalue weighted by Gasteiger charge is 2.30. The summed E-state index contributed by atoms with van der Waals surface area (Å²) in [5.74, 6) is -0.932. The molecule has 1 amide bonds. The van der Waals surface area contributed by atoms with Crippen LogP contribution in [0, 0.1) is 0 Å². The summed E-state index contributed by atoms with van der Waals surface area (Å²) in [6.45, 7) is 2.93. The van der Waals surface area contributed by atoms with Gasteiger partial charge in [0.2, 0.25) is 0 Å². The van der Waals surface area contributed by atoms with Crippen LogP contribution < -0.4 is 10.1 Å². The topological polar surface area (TPSA) is 75.6 Å². The molecule has 0 saturated heterocycles. The summed E-state index contributed by atoms with van der Waals surface area (Å²) >= 11 is 5.89. The molecule has 0 bridgehead atoms. The lowest BCUT2D eigenvalue weighted by molar-refractivity contribution is -0.145. The van der Waals surface area contributed by atoms with Gasteiger partial charge in [0.1, 0.15) is 17.9 Å². The first kappa shape index (κ1) is 14.4. The molecule has 0 aliphatic carbocycles. The predicted octanol–water partition coefficient (Wildman–Crippen LogP) is 2.10. The molecule has 2 rings (SSSR count). The standard InChI is InChI=1S/C14H14ClNO4/c1-14(2,13(18)19)16-12(17)9-5-8-6-10(15)3-4-11(8)20-7-9/h3-6H,7H2,1-2H3,(H,16,17)(H,18,19). The van der Waals surface area contributed by atoms with Crippen LogP contribution in [0.25, 0.3) is 6.08 Å². The zero-order valence-electron chi connectivity index (χ0n) is 11.1. The molecule has 106 valence electrons. The summed E-state index contributed by atoms with van der Waals surface area (Å²) in [5.41, 5.74) is -0.289. The Kier molecular flexibility index (Phi) is 3.72. The fourth-order valence-electron chi connectivity index (χ4n) is 1.70. The van der Waals surface area contributed by atoms with E-state index in [0.717, 1.165) is 0 Å². The van der Waals surface area contributed by atoms with E-state index < -0.39 is 17.4 Å². The number of halogens is 1. The molecule has 6 heteroatoms. The Morgan fingerprint density at radius 3 is 2.75 bits per heavy atom. The second-order valence-electron chi connectivity index (χ2n) is 5.02. The summed E-state index contributed by atoms with van der Waals surface area (Å²) in [6.07, 6.45) is 1.65. The molecular formula is C14H14ClNO4.